The fourth-order valence-electron chi connectivity index (χ4n) is 1.25. The Morgan fingerprint density at radius 1 is 1.60 bits per heavy atom. The number of benzene rings is 1. The second-order valence-corrected chi connectivity index (χ2v) is 3.60. The van der Waals surface area contributed by atoms with E-state index in [4.69, 9.17) is 22.4 Å². The van der Waals surface area contributed by atoms with Crippen molar-refractivity contribution in [3.63, 3.8) is 0 Å². The van der Waals surface area contributed by atoms with E-state index in [0.29, 0.717) is 16.1 Å². The van der Waals surface area contributed by atoms with Gasteiger partial charge in [-0.25, -0.2) is 4.39 Å². The molecule has 15 heavy (non-hydrogen) atoms. The average Bonchev–Trinajstić information content (AvgIpc) is 2.16. The van der Waals surface area contributed by atoms with Crippen LogP contribution in [-0.4, -0.2) is 11.1 Å². The van der Waals surface area contributed by atoms with Crippen LogP contribution in [0, 0.1) is 0 Å². The number of carboxylic acids is 1. The monoisotopic (exact) mass is 231 g/mol. The van der Waals surface area contributed by atoms with Crippen LogP contribution < -0.4 is 5.73 Å². The van der Waals surface area contributed by atoms with Crippen LogP contribution in [0.5, 0.6) is 0 Å². The van der Waals surface area contributed by atoms with E-state index in [1.807, 2.05) is 0 Å². The van der Waals surface area contributed by atoms with Crippen molar-refractivity contribution >= 4 is 17.6 Å². The fourth-order valence-corrected chi connectivity index (χ4v) is 1.60. The molecule has 0 radical (unpaired) electrons. The number of hydrogen-bond donors (Lipinski definition) is 2. The molecule has 3 N–H and O–H groups in total. The summed E-state index contributed by atoms with van der Waals surface area (Å²) in [5, 5.41) is 8.86. The Morgan fingerprint density at radius 2 is 2.27 bits per heavy atom. The maximum atomic E-state index is 12.3. The minimum Gasteiger partial charge on any atom is -0.481 e. The highest BCUT2D eigenvalue weighted by atomic mass is 35.5. The zero-order valence-electron chi connectivity index (χ0n) is 7.91. The lowest BCUT2D eigenvalue weighted by Gasteiger charge is -2.11. The van der Waals surface area contributed by atoms with Crippen molar-refractivity contribution in [2.75, 3.05) is 0 Å². The van der Waals surface area contributed by atoms with Gasteiger partial charge in [-0.05, 0) is 17.2 Å². The van der Waals surface area contributed by atoms with Crippen molar-refractivity contribution in [2.24, 2.45) is 5.73 Å². The maximum Gasteiger partial charge on any atom is 0.305 e. The molecule has 5 heteroatoms. The zero-order chi connectivity index (χ0) is 11.4. The van der Waals surface area contributed by atoms with E-state index >= 15 is 0 Å². The summed E-state index contributed by atoms with van der Waals surface area (Å²) in [5.41, 5.74) is 6.60. The average molecular weight is 232 g/mol. The molecular formula is C10H11ClFNO2. The Kier molecular flexibility index (Phi) is 4.05. The smallest absolute Gasteiger partial charge is 0.305 e. The molecule has 1 aromatic rings. The summed E-state index contributed by atoms with van der Waals surface area (Å²) < 4.78 is 12.3. The highest BCUT2D eigenvalue weighted by Gasteiger charge is 2.13. The van der Waals surface area contributed by atoms with Crippen molar-refractivity contribution in [2.45, 2.75) is 19.1 Å². The summed E-state index contributed by atoms with van der Waals surface area (Å²) in [6, 6.07) is 3.90. The van der Waals surface area contributed by atoms with E-state index in [1.165, 1.54) is 6.07 Å². The topological polar surface area (TPSA) is 63.3 Å². The minimum atomic E-state index is -0.992. The van der Waals surface area contributed by atoms with Gasteiger partial charge in [0.2, 0.25) is 0 Å². The zero-order valence-corrected chi connectivity index (χ0v) is 8.67. The van der Waals surface area contributed by atoms with Gasteiger partial charge in [0.25, 0.3) is 0 Å². The van der Waals surface area contributed by atoms with Gasteiger partial charge in [0, 0.05) is 11.1 Å². The quantitative estimate of drug-likeness (QED) is 0.836. The molecule has 1 rings (SSSR count). The highest BCUT2D eigenvalue weighted by Crippen LogP contribution is 2.25. The molecule has 1 aromatic carbocycles. The van der Waals surface area contributed by atoms with E-state index in [2.05, 4.69) is 0 Å². The molecule has 1 atom stereocenters. The van der Waals surface area contributed by atoms with E-state index in [9.17, 15) is 9.18 Å². The van der Waals surface area contributed by atoms with Crippen molar-refractivity contribution < 1.29 is 14.3 Å². The predicted octanol–water partition coefficient (Wildman–Crippen LogP) is 2.28. The molecule has 1 unspecified atom stereocenters. The molecule has 0 aliphatic carbocycles. The van der Waals surface area contributed by atoms with E-state index in [0.717, 1.165) is 0 Å². The van der Waals surface area contributed by atoms with Gasteiger partial charge in [0.15, 0.2) is 0 Å². The van der Waals surface area contributed by atoms with Crippen LogP contribution in [0.25, 0.3) is 0 Å². The first-order chi connectivity index (χ1) is 7.04. The van der Waals surface area contributed by atoms with Crippen LogP contribution in [0.3, 0.4) is 0 Å². The van der Waals surface area contributed by atoms with Crippen molar-refractivity contribution in [3.8, 4) is 0 Å². The third kappa shape index (κ3) is 3.18. The molecular weight excluding hydrogens is 221 g/mol. The molecule has 0 heterocycles. The van der Waals surface area contributed by atoms with Crippen LogP contribution in [0.2, 0.25) is 5.02 Å². The van der Waals surface area contributed by atoms with Gasteiger partial charge >= 0.3 is 5.97 Å². The number of halogens is 2. The summed E-state index contributed by atoms with van der Waals surface area (Å²) in [6.45, 7) is -0.603. The molecule has 0 amide bonds. The predicted molar refractivity (Wildman–Crippen MR) is 55.4 cm³/mol. The second kappa shape index (κ2) is 5.09. The van der Waals surface area contributed by atoms with Crippen LogP contribution in [-0.2, 0) is 11.5 Å². The molecule has 0 aliphatic rings. The Balaban J connectivity index is 2.90. The second-order valence-electron chi connectivity index (χ2n) is 3.19. The number of carbonyl (C=O) groups is 1. The lowest BCUT2D eigenvalue weighted by molar-refractivity contribution is -0.137. The molecule has 3 nitrogen and oxygen atoms in total. The summed E-state index contributed by atoms with van der Waals surface area (Å²) in [5.74, 6) is -0.992. The van der Waals surface area contributed by atoms with Gasteiger partial charge in [-0.15, -0.1) is 0 Å². The number of carboxylic acid groups (broad SMARTS) is 1. The highest BCUT2D eigenvalue weighted by molar-refractivity contribution is 6.31. The maximum absolute atomic E-state index is 12.3. The van der Waals surface area contributed by atoms with Crippen LogP contribution >= 0.6 is 11.6 Å². The number of aliphatic carboxylic acids is 1. The first-order valence-corrected chi connectivity index (χ1v) is 4.74. The van der Waals surface area contributed by atoms with Gasteiger partial charge in [-0.3, -0.25) is 4.79 Å². The summed E-state index contributed by atoms with van der Waals surface area (Å²) >= 11 is 5.85. The Labute approximate surface area is 91.7 Å². The molecule has 0 bridgehead atoms. The summed E-state index contributed by atoms with van der Waals surface area (Å²) in [7, 11) is 0. The minimum absolute atomic E-state index is 0.200. The SMILES string of the molecule is NC(CC(=O)O)c1ccc(CF)cc1Cl. The van der Waals surface area contributed by atoms with Gasteiger partial charge in [0.1, 0.15) is 6.67 Å². The van der Waals surface area contributed by atoms with Gasteiger partial charge in [-0.2, -0.15) is 0 Å². The lowest BCUT2D eigenvalue weighted by Crippen LogP contribution is -2.15. The number of hydrogen-bond acceptors (Lipinski definition) is 2. The van der Waals surface area contributed by atoms with Crippen molar-refractivity contribution in [3.05, 3.63) is 34.3 Å². The Morgan fingerprint density at radius 3 is 2.73 bits per heavy atom. The van der Waals surface area contributed by atoms with Gasteiger partial charge in [0.05, 0.1) is 6.42 Å². The van der Waals surface area contributed by atoms with Crippen LogP contribution in [0.4, 0.5) is 4.39 Å². The van der Waals surface area contributed by atoms with E-state index < -0.39 is 18.7 Å². The number of alkyl halides is 1. The standard InChI is InChI=1S/C10H11ClFNO2/c11-8-3-6(5-12)1-2-7(8)9(13)4-10(14)15/h1-3,9H,4-5,13H2,(H,14,15). The molecule has 0 saturated heterocycles. The lowest BCUT2D eigenvalue weighted by atomic mass is 10.0. The van der Waals surface area contributed by atoms with E-state index in [1.54, 1.807) is 12.1 Å². The molecule has 0 spiro atoms. The summed E-state index contributed by atoms with van der Waals surface area (Å²) in [6.07, 6.45) is -0.200. The normalized spacial score (nSPS) is 12.5. The molecule has 82 valence electrons. The fraction of sp³-hybridized carbons (Fsp3) is 0.300. The molecule has 0 fully saturated rings. The van der Waals surface area contributed by atoms with E-state index in [-0.39, 0.29) is 6.42 Å². The van der Waals surface area contributed by atoms with Crippen LogP contribution in [0.1, 0.15) is 23.6 Å². The number of rotatable bonds is 4. The third-order valence-corrected chi connectivity index (χ3v) is 2.34. The van der Waals surface area contributed by atoms with Crippen molar-refractivity contribution in [1.29, 1.82) is 0 Å². The third-order valence-electron chi connectivity index (χ3n) is 2.01. The van der Waals surface area contributed by atoms with Gasteiger partial charge < -0.3 is 10.8 Å². The Hall–Kier alpha value is -1.13. The first kappa shape index (κ1) is 11.9. The van der Waals surface area contributed by atoms with Crippen molar-refractivity contribution in [1.82, 2.24) is 0 Å². The molecule has 0 aliphatic heterocycles. The van der Waals surface area contributed by atoms with Gasteiger partial charge in [-0.1, -0.05) is 23.7 Å². The number of nitrogens with two attached hydrogens (primary N) is 1. The summed E-state index contributed by atoms with van der Waals surface area (Å²) in [4.78, 5) is 10.4. The first-order valence-electron chi connectivity index (χ1n) is 4.36. The molecule has 0 saturated carbocycles. The molecule has 0 aromatic heterocycles. The largest absolute Gasteiger partial charge is 0.481 e. The van der Waals surface area contributed by atoms with Crippen LogP contribution in [0.15, 0.2) is 18.2 Å². The Bertz CT molecular complexity index is 370.